The first-order valence-electron chi connectivity index (χ1n) is 7.33. The molecule has 116 valence electrons. The molecule has 0 spiro atoms. The molecule has 1 aliphatic rings. The molecule has 1 atom stereocenters. The summed E-state index contributed by atoms with van der Waals surface area (Å²) in [6.07, 6.45) is 1.52. The van der Waals surface area contributed by atoms with Crippen molar-refractivity contribution in [1.29, 1.82) is 0 Å². The highest BCUT2D eigenvalue weighted by Gasteiger charge is 2.50. The largest absolute Gasteiger partial charge is 0.310 e. The first-order valence-corrected chi connectivity index (χ1v) is 9.71. The summed E-state index contributed by atoms with van der Waals surface area (Å²) in [7, 11) is -3.22. The van der Waals surface area contributed by atoms with Gasteiger partial charge in [0.25, 0.3) is 7.37 Å². The highest BCUT2D eigenvalue weighted by Crippen LogP contribution is 2.60. The number of benzene rings is 2. The Morgan fingerprint density at radius 1 is 1.05 bits per heavy atom. The molecule has 0 aromatic heterocycles. The van der Waals surface area contributed by atoms with Gasteiger partial charge in [-0.25, -0.2) is 0 Å². The lowest BCUT2D eigenvalue weighted by Gasteiger charge is -2.27. The average molecular weight is 355 g/mol. The molecule has 0 saturated carbocycles. The Morgan fingerprint density at radius 3 is 2.36 bits per heavy atom. The van der Waals surface area contributed by atoms with Crippen molar-refractivity contribution in [3.63, 3.8) is 0 Å². The van der Waals surface area contributed by atoms with Gasteiger partial charge in [0.15, 0.2) is 0 Å². The van der Waals surface area contributed by atoms with Gasteiger partial charge in [-0.15, -0.1) is 0 Å². The summed E-state index contributed by atoms with van der Waals surface area (Å²) < 4.78 is 20.0. The molecule has 0 radical (unpaired) electrons. The van der Waals surface area contributed by atoms with E-state index in [1.165, 1.54) is 0 Å². The maximum Gasteiger partial charge on any atom is 0.264 e. The fraction of sp³-hybridized carbons (Fsp3) is 0.294. The third-order valence-electron chi connectivity index (χ3n) is 4.38. The zero-order valence-electron chi connectivity index (χ0n) is 12.5. The monoisotopic (exact) mass is 354 g/mol. The van der Waals surface area contributed by atoms with Crippen LogP contribution in [0.5, 0.6) is 0 Å². The van der Waals surface area contributed by atoms with E-state index >= 15 is 0 Å². The first kappa shape index (κ1) is 16.1. The highest BCUT2D eigenvalue weighted by molar-refractivity contribution is 7.75. The van der Waals surface area contributed by atoms with E-state index in [9.17, 15) is 4.57 Å². The number of halogens is 2. The quantitative estimate of drug-likeness (QED) is 0.702. The molecule has 3 rings (SSSR count). The van der Waals surface area contributed by atoms with Gasteiger partial charge in [-0.05, 0) is 42.7 Å². The van der Waals surface area contributed by atoms with Gasteiger partial charge in [0.1, 0.15) is 5.60 Å². The van der Waals surface area contributed by atoms with E-state index in [1.807, 2.05) is 24.3 Å². The summed E-state index contributed by atoms with van der Waals surface area (Å²) in [5, 5.41) is 2.18. The standard InChI is InChI=1S/C17H17Cl2O2P/c1-3-17(4-2)13-7-5-6-8-15(13)22(20,21-17)16-10-9-12(18)11-14(16)19/h5-11H,3-4H2,1-2H3. The zero-order valence-corrected chi connectivity index (χ0v) is 14.9. The molecule has 2 nitrogen and oxygen atoms in total. The number of hydrogen-bond donors (Lipinski definition) is 0. The fourth-order valence-corrected chi connectivity index (χ4v) is 6.66. The predicted octanol–water partition coefficient (Wildman–Crippen LogP) is 5.27. The maximum atomic E-state index is 13.8. The summed E-state index contributed by atoms with van der Waals surface area (Å²) in [6, 6.07) is 12.8. The van der Waals surface area contributed by atoms with Crippen LogP contribution >= 0.6 is 30.6 Å². The molecule has 0 bridgehead atoms. The third kappa shape index (κ3) is 2.25. The predicted molar refractivity (Wildman–Crippen MR) is 93.1 cm³/mol. The first-order chi connectivity index (χ1) is 10.5. The lowest BCUT2D eigenvalue weighted by atomic mass is 9.89. The number of fused-ring (bicyclic) bond motifs is 1. The minimum Gasteiger partial charge on any atom is -0.310 e. The van der Waals surface area contributed by atoms with Crippen LogP contribution in [-0.2, 0) is 14.7 Å². The van der Waals surface area contributed by atoms with E-state index in [0.29, 0.717) is 15.3 Å². The van der Waals surface area contributed by atoms with Crippen LogP contribution in [0.3, 0.4) is 0 Å². The lowest BCUT2D eigenvalue weighted by Crippen LogP contribution is -2.24. The lowest BCUT2D eigenvalue weighted by molar-refractivity contribution is 0.0766. The second-order valence-electron chi connectivity index (χ2n) is 5.46. The SMILES string of the molecule is CCC1(CC)OP(=O)(c2ccc(Cl)cc2Cl)c2ccccc21. The van der Waals surface area contributed by atoms with Crippen molar-refractivity contribution in [1.82, 2.24) is 0 Å². The van der Waals surface area contributed by atoms with Gasteiger partial charge in [-0.1, -0.05) is 55.2 Å². The third-order valence-corrected chi connectivity index (χ3v) is 7.72. The smallest absolute Gasteiger partial charge is 0.264 e. The maximum absolute atomic E-state index is 13.8. The fourth-order valence-electron chi connectivity index (χ4n) is 3.12. The molecule has 2 aromatic carbocycles. The van der Waals surface area contributed by atoms with Crippen molar-refractivity contribution >= 4 is 41.2 Å². The molecule has 1 aliphatic heterocycles. The molecule has 2 aromatic rings. The van der Waals surface area contributed by atoms with Gasteiger partial charge in [0.2, 0.25) is 0 Å². The van der Waals surface area contributed by atoms with E-state index in [-0.39, 0.29) is 0 Å². The number of rotatable bonds is 3. The molecule has 0 amide bonds. The Kier molecular flexibility index (Phi) is 4.16. The molecule has 0 saturated heterocycles. The van der Waals surface area contributed by atoms with Crippen molar-refractivity contribution < 1.29 is 9.09 Å². The van der Waals surface area contributed by atoms with Gasteiger partial charge in [0.05, 0.1) is 10.3 Å². The Bertz CT molecular complexity index is 769. The normalized spacial score (nSPS) is 22.5. The Morgan fingerprint density at radius 2 is 1.73 bits per heavy atom. The van der Waals surface area contributed by atoms with E-state index in [2.05, 4.69) is 13.8 Å². The van der Waals surface area contributed by atoms with Gasteiger partial charge >= 0.3 is 0 Å². The van der Waals surface area contributed by atoms with Crippen molar-refractivity contribution in [3.8, 4) is 0 Å². The molecular formula is C17H17Cl2O2P. The van der Waals surface area contributed by atoms with E-state index in [4.69, 9.17) is 27.7 Å². The molecular weight excluding hydrogens is 338 g/mol. The zero-order chi connectivity index (χ0) is 16.0. The van der Waals surface area contributed by atoms with Crippen LogP contribution < -0.4 is 10.6 Å². The Hall–Kier alpha value is -0.790. The Balaban J connectivity index is 2.26. The topological polar surface area (TPSA) is 26.3 Å². The average Bonchev–Trinajstić information content (AvgIpc) is 2.78. The van der Waals surface area contributed by atoms with Gasteiger partial charge < -0.3 is 4.52 Å². The van der Waals surface area contributed by atoms with Crippen LogP contribution in [0.25, 0.3) is 0 Å². The van der Waals surface area contributed by atoms with E-state index in [0.717, 1.165) is 23.7 Å². The van der Waals surface area contributed by atoms with Crippen LogP contribution in [-0.4, -0.2) is 0 Å². The second kappa shape index (κ2) is 5.69. The van der Waals surface area contributed by atoms with Crippen molar-refractivity contribution in [2.45, 2.75) is 32.3 Å². The highest BCUT2D eigenvalue weighted by atomic mass is 35.5. The molecule has 1 unspecified atom stereocenters. The minimum atomic E-state index is -3.22. The van der Waals surface area contributed by atoms with Crippen molar-refractivity contribution in [2.75, 3.05) is 0 Å². The number of hydrogen-bond acceptors (Lipinski definition) is 2. The molecule has 0 aliphatic carbocycles. The molecule has 22 heavy (non-hydrogen) atoms. The minimum absolute atomic E-state index is 0.383. The molecule has 1 heterocycles. The van der Waals surface area contributed by atoms with Crippen LogP contribution in [0.1, 0.15) is 32.3 Å². The van der Waals surface area contributed by atoms with E-state index in [1.54, 1.807) is 18.2 Å². The van der Waals surface area contributed by atoms with Gasteiger partial charge in [-0.2, -0.15) is 0 Å². The van der Waals surface area contributed by atoms with E-state index < -0.39 is 13.0 Å². The van der Waals surface area contributed by atoms with Crippen LogP contribution in [0.4, 0.5) is 0 Å². The van der Waals surface area contributed by atoms with Crippen LogP contribution in [0, 0.1) is 0 Å². The summed E-state index contributed by atoms with van der Waals surface area (Å²) in [5.41, 5.74) is 0.490. The second-order valence-corrected chi connectivity index (χ2v) is 8.55. The van der Waals surface area contributed by atoms with Crippen LogP contribution in [0.15, 0.2) is 42.5 Å². The van der Waals surface area contributed by atoms with Crippen molar-refractivity contribution in [2.24, 2.45) is 0 Å². The summed E-state index contributed by atoms with van der Waals surface area (Å²) >= 11 is 12.3. The van der Waals surface area contributed by atoms with Crippen LogP contribution in [0.2, 0.25) is 10.0 Å². The molecule has 5 heteroatoms. The Labute approximate surface area is 140 Å². The molecule has 0 fully saturated rings. The summed E-state index contributed by atoms with van der Waals surface area (Å²) in [6.45, 7) is 4.11. The van der Waals surface area contributed by atoms with Gasteiger partial charge in [0, 0.05) is 10.3 Å². The summed E-state index contributed by atoms with van der Waals surface area (Å²) in [4.78, 5) is 0. The van der Waals surface area contributed by atoms with Crippen molar-refractivity contribution in [3.05, 3.63) is 58.1 Å². The summed E-state index contributed by atoms with van der Waals surface area (Å²) in [5.74, 6) is 0. The molecule has 0 N–H and O–H groups in total. The van der Waals surface area contributed by atoms with Gasteiger partial charge in [-0.3, -0.25) is 4.57 Å².